The van der Waals surface area contributed by atoms with Gasteiger partial charge in [0.2, 0.25) is 0 Å². The van der Waals surface area contributed by atoms with Gasteiger partial charge in [-0.05, 0) is 79.5 Å². The summed E-state index contributed by atoms with van der Waals surface area (Å²) in [6.45, 7) is 2.27. The molecular weight excluding hydrogens is 356 g/mol. The van der Waals surface area contributed by atoms with Crippen LogP contribution in [0.5, 0.6) is 5.75 Å². The Bertz CT molecular complexity index is 713. The van der Waals surface area contributed by atoms with Gasteiger partial charge in [-0.2, -0.15) is 0 Å². The van der Waals surface area contributed by atoms with Crippen molar-refractivity contribution < 1.29 is 9.53 Å². The van der Waals surface area contributed by atoms with Crippen LogP contribution in [-0.4, -0.2) is 5.97 Å². The number of hydrogen-bond acceptors (Lipinski definition) is 2. The Kier molecular flexibility index (Phi) is 7.34. The zero-order chi connectivity index (χ0) is 19.1. The number of rotatable bonds is 7. The minimum absolute atomic E-state index is 0.330. The minimum Gasteiger partial charge on any atom is -0.423 e. The Morgan fingerprint density at radius 3 is 2.26 bits per heavy atom. The molecule has 0 spiro atoms. The van der Waals surface area contributed by atoms with E-state index in [-0.39, 0.29) is 5.97 Å². The Labute approximate surface area is 167 Å². The van der Waals surface area contributed by atoms with E-state index in [0.717, 1.165) is 5.92 Å². The zero-order valence-corrected chi connectivity index (χ0v) is 16.9. The van der Waals surface area contributed by atoms with Crippen LogP contribution in [0.1, 0.15) is 80.1 Å². The van der Waals surface area contributed by atoms with E-state index in [1.165, 1.54) is 56.9 Å². The smallest absolute Gasteiger partial charge is 0.343 e. The van der Waals surface area contributed by atoms with Crippen LogP contribution in [0.2, 0.25) is 5.02 Å². The highest BCUT2D eigenvalue weighted by Gasteiger charge is 2.22. The average Bonchev–Trinajstić information content (AvgIpc) is 2.70. The van der Waals surface area contributed by atoms with Crippen molar-refractivity contribution in [2.24, 2.45) is 5.92 Å². The number of ether oxygens (including phenoxy) is 1. The fourth-order valence-electron chi connectivity index (χ4n) is 4.03. The van der Waals surface area contributed by atoms with Gasteiger partial charge in [-0.15, -0.1) is 0 Å². The highest BCUT2D eigenvalue weighted by molar-refractivity contribution is 6.30. The molecule has 144 valence electrons. The van der Waals surface area contributed by atoms with Crippen molar-refractivity contribution in [2.75, 3.05) is 0 Å². The van der Waals surface area contributed by atoms with Crippen molar-refractivity contribution >= 4 is 17.6 Å². The molecule has 0 bridgehead atoms. The minimum atomic E-state index is -0.330. The van der Waals surface area contributed by atoms with Gasteiger partial charge in [0, 0.05) is 5.02 Å². The van der Waals surface area contributed by atoms with E-state index in [9.17, 15) is 4.79 Å². The summed E-state index contributed by atoms with van der Waals surface area (Å²) in [7, 11) is 0. The van der Waals surface area contributed by atoms with Gasteiger partial charge in [0.1, 0.15) is 5.75 Å². The summed E-state index contributed by atoms with van der Waals surface area (Å²) in [5, 5.41) is 0.624. The summed E-state index contributed by atoms with van der Waals surface area (Å²) in [5.74, 6) is 1.73. The maximum absolute atomic E-state index is 12.3. The molecule has 27 heavy (non-hydrogen) atoms. The standard InChI is InChI=1S/C24H29ClO2/c1-2-3-4-5-18-6-8-19(9-7-18)20-10-12-21(13-11-20)24(26)27-23-16-14-22(25)15-17-23/h10-19H,2-9H2,1H3/t18-,19-. The first-order valence-corrected chi connectivity index (χ1v) is 10.6. The summed E-state index contributed by atoms with van der Waals surface area (Å²) in [5.41, 5.74) is 1.94. The molecule has 1 fully saturated rings. The van der Waals surface area contributed by atoms with E-state index in [4.69, 9.17) is 16.3 Å². The van der Waals surface area contributed by atoms with Crippen LogP contribution in [0.25, 0.3) is 0 Å². The molecule has 0 radical (unpaired) electrons. The average molecular weight is 385 g/mol. The second-order valence-electron chi connectivity index (χ2n) is 7.68. The van der Waals surface area contributed by atoms with E-state index < -0.39 is 0 Å². The monoisotopic (exact) mass is 384 g/mol. The number of esters is 1. The fraction of sp³-hybridized carbons (Fsp3) is 0.458. The summed E-state index contributed by atoms with van der Waals surface area (Å²) < 4.78 is 5.40. The predicted octanol–water partition coefficient (Wildman–Crippen LogP) is 7.41. The van der Waals surface area contributed by atoms with Gasteiger partial charge >= 0.3 is 5.97 Å². The molecule has 1 aliphatic carbocycles. The van der Waals surface area contributed by atoms with Crippen LogP contribution in [0.4, 0.5) is 0 Å². The van der Waals surface area contributed by atoms with E-state index in [1.807, 2.05) is 12.1 Å². The molecule has 2 nitrogen and oxygen atoms in total. The molecule has 1 saturated carbocycles. The molecule has 0 unspecified atom stereocenters. The third kappa shape index (κ3) is 5.84. The lowest BCUT2D eigenvalue weighted by atomic mass is 9.77. The van der Waals surface area contributed by atoms with Crippen molar-refractivity contribution in [1.29, 1.82) is 0 Å². The number of halogens is 1. The molecule has 3 heteroatoms. The lowest BCUT2D eigenvalue weighted by Crippen LogP contribution is -2.14. The first-order valence-electron chi connectivity index (χ1n) is 10.2. The summed E-state index contributed by atoms with van der Waals surface area (Å²) in [6.07, 6.45) is 10.7. The van der Waals surface area contributed by atoms with E-state index in [1.54, 1.807) is 24.3 Å². The summed E-state index contributed by atoms with van der Waals surface area (Å²) in [6, 6.07) is 14.8. The molecule has 0 heterocycles. The quantitative estimate of drug-likeness (QED) is 0.282. The maximum Gasteiger partial charge on any atom is 0.343 e. The van der Waals surface area contributed by atoms with Gasteiger partial charge in [-0.25, -0.2) is 4.79 Å². The van der Waals surface area contributed by atoms with Crippen LogP contribution < -0.4 is 4.74 Å². The van der Waals surface area contributed by atoms with Crippen molar-refractivity contribution in [1.82, 2.24) is 0 Å². The fourth-order valence-corrected chi connectivity index (χ4v) is 4.15. The SMILES string of the molecule is CCCCC[C@H]1CC[C@H](c2ccc(C(=O)Oc3ccc(Cl)cc3)cc2)CC1. The second-order valence-corrected chi connectivity index (χ2v) is 8.12. The number of unbranched alkanes of at least 4 members (excludes halogenated alkanes) is 2. The Balaban J connectivity index is 1.51. The molecule has 2 aromatic rings. The molecule has 0 N–H and O–H groups in total. The normalized spacial score (nSPS) is 19.6. The van der Waals surface area contributed by atoms with Crippen LogP contribution >= 0.6 is 11.6 Å². The van der Waals surface area contributed by atoms with Crippen molar-refractivity contribution in [3.05, 3.63) is 64.7 Å². The van der Waals surface area contributed by atoms with E-state index >= 15 is 0 Å². The number of hydrogen-bond donors (Lipinski definition) is 0. The molecule has 3 rings (SSSR count). The largest absolute Gasteiger partial charge is 0.423 e. The molecule has 1 aliphatic rings. The van der Waals surface area contributed by atoms with Crippen LogP contribution in [0.15, 0.2) is 48.5 Å². The Morgan fingerprint density at radius 1 is 0.963 bits per heavy atom. The van der Waals surface area contributed by atoms with Gasteiger partial charge < -0.3 is 4.74 Å². The molecule has 0 aliphatic heterocycles. The van der Waals surface area contributed by atoms with E-state index in [0.29, 0.717) is 22.3 Å². The van der Waals surface area contributed by atoms with Gasteiger partial charge in [0.05, 0.1) is 5.56 Å². The van der Waals surface area contributed by atoms with Gasteiger partial charge in [0.15, 0.2) is 0 Å². The lowest BCUT2D eigenvalue weighted by Gasteiger charge is -2.29. The third-order valence-electron chi connectivity index (χ3n) is 5.70. The maximum atomic E-state index is 12.3. The van der Waals surface area contributed by atoms with Crippen molar-refractivity contribution in [2.45, 2.75) is 64.2 Å². The summed E-state index contributed by atoms with van der Waals surface area (Å²) in [4.78, 5) is 12.3. The van der Waals surface area contributed by atoms with Crippen LogP contribution in [0.3, 0.4) is 0 Å². The Hall–Kier alpha value is -1.80. The third-order valence-corrected chi connectivity index (χ3v) is 5.96. The molecular formula is C24H29ClO2. The van der Waals surface area contributed by atoms with Crippen molar-refractivity contribution in [3.63, 3.8) is 0 Å². The van der Waals surface area contributed by atoms with Crippen molar-refractivity contribution in [3.8, 4) is 5.75 Å². The molecule has 0 amide bonds. The molecule has 0 aromatic heterocycles. The first kappa shape index (κ1) is 19.9. The first-order chi connectivity index (χ1) is 13.2. The molecule has 0 atom stereocenters. The number of carbonyl (C=O) groups excluding carboxylic acids is 1. The highest BCUT2D eigenvalue weighted by Crippen LogP contribution is 2.37. The van der Waals surface area contributed by atoms with Gasteiger partial charge in [0.25, 0.3) is 0 Å². The number of carbonyl (C=O) groups is 1. The second kappa shape index (κ2) is 9.94. The van der Waals surface area contributed by atoms with Gasteiger partial charge in [-0.3, -0.25) is 0 Å². The molecule has 2 aromatic carbocycles. The zero-order valence-electron chi connectivity index (χ0n) is 16.1. The summed E-state index contributed by atoms with van der Waals surface area (Å²) >= 11 is 5.86. The number of benzene rings is 2. The topological polar surface area (TPSA) is 26.3 Å². The Morgan fingerprint density at radius 2 is 1.63 bits per heavy atom. The lowest BCUT2D eigenvalue weighted by molar-refractivity contribution is 0.0734. The predicted molar refractivity (Wildman–Crippen MR) is 112 cm³/mol. The highest BCUT2D eigenvalue weighted by atomic mass is 35.5. The van der Waals surface area contributed by atoms with Crippen LogP contribution in [-0.2, 0) is 0 Å². The molecule has 0 saturated heterocycles. The van der Waals surface area contributed by atoms with Crippen LogP contribution in [0, 0.1) is 5.92 Å². The van der Waals surface area contributed by atoms with E-state index in [2.05, 4.69) is 19.1 Å². The van der Waals surface area contributed by atoms with Gasteiger partial charge in [-0.1, -0.05) is 56.3 Å².